The molecule has 1 heterocycles. The van der Waals surface area contributed by atoms with Crippen LogP contribution in [0.15, 0.2) is 23.1 Å². The quantitative estimate of drug-likeness (QED) is 0.450. The second-order valence-electron chi connectivity index (χ2n) is 4.86. The van der Waals surface area contributed by atoms with Crippen molar-refractivity contribution < 1.29 is 23.8 Å². The van der Waals surface area contributed by atoms with Gasteiger partial charge in [0, 0.05) is 5.56 Å². The maximum atomic E-state index is 12.6. The molecule has 0 bridgehead atoms. The van der Waals surface area contributed by atoms with Crippen molar-refractivity contribution in [2.75, 3.05) is 21.3 Å². The van der Waals surface area contributed by atoms with Crippen LogP contribution < -0.4 is 9.47 Å². The van der Waals surface area contributed by atoms with Gasteiger partial charge in [0.2, 0.25) is 0 Å². The number of ether oxygens (including phenoxy) is 3. The molecule has 128 valence electrons. The molecule has 0 unspecified atom stereocenters. The molecule has 1 aliphatic rings. The lowest BCUT2D eigenvalue weighted by Gasteiger charge is -2.20. The summed E-state index contributed by atoms with van der Waals surface area (Å²) in [6.45, 7) is 1.58. The van der Waals surface area contributed by atoms with Gasteiger partial charge in [0.05, 0.1) is 26.2 Å². The van der Waals surface area contributed by atoms with Gasteiger partial charge in [0.15, 0.2) is 0 Å². The van der Waals surface area contributed by atoms with Gasteiger partial charge in [-0.1, -0.05) is 24.0 Å². The summed E-state index contributed by atoms with van der Waals surface area (Å²) in [7, 11) is 4.38. The summed E-state index contributed by atoms with van der Waals surface area (Å²) in [5.41, 5.74) is 0.683. The van der Waals surface area contributed by atoms with E-state index in [2.05, 4.69) is 4.74 Å². The van der Waals surface area contributed by atoms with Crippen LogP contribution in [0.4, 0.5) is 0 Å². The maximum absolute atomic E-state index is 12.6. The van der Waals surface area contributed by atoms with E-state index in [0.29, 0.717) is 26.3 Å². The number of methoxy groups -OCH3 is 3. The molecule has 24 heavy (non-hydrogen) atoms. The molecule has 8 heteroatoms. The predicted octanol–water partition coefficient (Wildman–Crippen LogP) is 2.47. The van der Waals surface area contributed by atoms with Gasteiger partial charge in [-0.15, -0.1) is 0 Å². The normalized spacial score (nSPS) is 17.2. The Morgan fingerprint density at radius 3 is 2.58 bits per heavy atom. The van der Waals surface area contributed by atoms with Crippen LogP contribution in [-0.2, 0) is 14.3 Å². The van der Waals surface area contributed by atoms with Gasteiger partial charge in [-0.2, -0.15) is 0 Å². The molecule has 0 N–H and O–H groups in total. The minimum absolute atomic E-state index is 0.311. The number of carbonyl (C=O) groups is 2. The maximum Gasteiger partial charge on any atom is 0.328 e. The number of hydrogen-bond acceptors (Lipinski definition) is 7. The topological polar surface area (TPSA) is 65.1 Å². The van der Waals surface area contributed by atoms with E-state index in [1.165, 1.54) is 12.0 Å². The zero-order valence-electron chi connectivity index (χ0n) is 13.7. The summed E-state index contributed by atoms with van der Waals surface area (Å²) in [5.74, 6) is 0.377. The zero-order chi connectivity index (χ0) is 17.9. The minimum atomic E-state index is -0.777. The van der Waals surface area contributed by atoms with Gasteiger partial charge in [-0.25, -0.2) is 4.79 Å². The lowest BCUT2D eigenvalue weighted by atomic mass is 10.1. The van der Waals surface area contributed by atoms with E-state index in [1.807, 2.05) is 0 Å². The average Bonchev–Trinajstić information content (AvgIpc) is 2.87. The van der Waals surface area contributed by atoms with Crippen LogP contribution in [0, 0.1) is 0 Å². The molecule has 0 aromatic heterocycles. The van der Waals surface area contributed by atoms with E-state index >= 15 is 0 Å². The van der Waals surface area contributed by atoms with Crippen molar-refractivity contribution >= 4 is 46.3 Å². The molecule has 1 aromatic rings. The third-order valence-corrected chi connectivity index (χ3v) is 4.81. The fourth-order valence-electron chi connectivity index (χ4n) is 2.18. The molecule has 0 aliphatic carbocycles. The van der Waals surface area contributed by atoms with Crippen LogP contribution in [0.2, 0.25) is 0 Å². The Bertz CT molecular complexity index is 716. The first kappa shape index (κ1) is 18.3. The highest BCUT2D eigenvalue weighted by atomic mass is 32.2. The van der Waals surface area contributed by atoms with Crippen molar-refractivity contribution in [3.63, 3.8) is 0 Å². The lowest BCUT2D eigenvalue weighted by molar-refractivity contribution is -0.147. The molecular weight excluding hydrogens is 350 g/mol. The van der Waals surface area contributed by atoms with E-state index in [4.69, 9.17) is 21.7 Å². The van der Waals surface area contributed by atoms with Crippen molar-refractivity contribution in [2.45, 2.75) is 13.0 Å². The average molecular weight is 367 g/mol. The predicted molar refractivity (Wildman–Crippen MR) is 96.0 cm³/mol. The van der Waals surface area contributed by atoms with E-state index in [0.717, 1.165) is 11.8 Å². The van der Waals surface area contributed by atoms with Gasteiger partial charge in [0.25, 0.3) is 5.91 Å². The molecule has 1 aliphatic heterocycles. The van der Waals surface area contributed by atoms with Crippen molar-refractivity contribution in [1.82, 2.24) is 4.90 Å². The van der Waals surface area contributed by atoms with E-state index < -0.39 is 12.0 Å². The highest BCUT2D eigenvalue weighted by molar-refractivity contribution is 8.26. The third kappa shape index (κ3) is 3.54. The third-order valence-electron chi connectivity index (χ3n) is 3.48. The van der Waals surface area contributed by atoms with Gasteiger partial charge < -0.3 is 14.2 Å². The Morgan fingerprint density at radius 2 is 2.00 bits per heavy atom. The minimum Gasteiger partial charge on any atom is -0.497 e. The number of carbonyl (C=O) groups excluding carboxylic acids is 2. The first-order valence-electron chi connectivity index (χ1n) is 6.99. The first-order chi connectivity index (χ1) is 11.4. The number of hydrogen-bond donors (Lipinski definition) is 0. The summed E-state index contributed by atoms with van der Waals surface area (Å²) >= 11 is 6.36. The fraction of sp³-hybridized carbons (Fsp3) is 0.312. The monoisotopic (exact) mass is 367 g/mol. The Labute approximate surface area is 149 Å². The largest absolute Gasteiger partial charge is 0.497 e. The highest BCUT2D eigenvalue weighted by Crippen LogP contribution is 2.36. The van der Waals surface area contributed by atoms with E-state index in [9.17, 15) is 9.59 Å². The first-order valence-corrected chi connectivity index (χ1v) is 8.22. The zero-order valence-corrected chi connectivity index (χ0v) is 15.3. The van der Waals surface area contributed by atoms with E-state index in [1.54, 1.807) is 45.4 Å². The van der Waals surface area contributed by atoms with Crippen molar-refractivity contribution in [3.05, 3.63) is 28.7 Å². The SMILES string of the molecule is COC(=O)[C@@H](C)N1C(=O)/C(=C/c2cc(OC)ccc2OC)SC1=S. The number of thioether (sulfide) groups is 1. The van der Waals surface area contributed by atoms with Crippen LogP contribution in [0.25, 0.3) is 6.08 Å². The lowest BCUT2D eigenvalue weighted by Crippen LogP contribution is -2.42. The van der Waals surface area contributed by atoms with Crippen LogP contribution in [0.1, 0.15) is 12.5 Å². The Hall–Kier alpha value is -2.06. The molecule has 0 radical (unpaired) electrons. The smallest absolute Gasteiger partial charge is 0.328 e. The van der Waals surface area contributed by atoms with Crippen LogP contribution in [-0.4, -0.2) is 48.5 Å². The van der Waals surface area contributed by atoms with Gasteiger partial charge in [-0.05, 0) is 31.2 Å². The molecule has 6 nitrogen and oxygen atoms in total. The van der Waals surface area contributed by atoms with E-state index in [-0.39, 0.29) is 5.91 Å². The van der Waals surface area contributed by atoms with Crippen LogP contribution in [0.3, 0.4) is 0 Å². The summed E-state index contributed by atoms with van der Waals surface area (Å²) in [4.78, 5) is 26.0. The summed E-state index contributed by atoms with van der Waals surface area (Å²) < 4.78 is 15.5. The van der Waals surface area contributed by atoms with Gasteiger partial charge in [0.1, 0.15) is 21.9 Å². The molecular formula is C16H17NO5S2. The summed E-state index contributed by atoms with van der Waals surface area (Å²) in [6, 6.07) is 4.50. The Morgan fingerprint density at radius 1 is 1.29 bits per heavy atom. The second-order valence-corrected chi connectivity index (χ2v) is 6.53. The standard InChI is InChI=1S/C16H17NO5S2/c1-9(15(19)22-4)17-14(18)13(24-16(17)23)8-10-7-11(20-2)5-6-12(10)21-3/h5-9H,1-4H3/b13-8-/t9-/m1/s1. The van der Waals surface area contributed by atoms with Crippen LogP contribution >= 0.6 is 24.0 Å². The van der Waals surface area contributed by atoms with Crippen molar-refractivity contribution in [1.29, 1.82) is 0 Å². The van der Waals surface area contributed by atoms with Gasteiger partial charge in [-0.3, -0.25) is 9.69 Å². The molecule has 1 fully saturated rings. The highest BCUT2D eigenvalue weighted by Gasteiger charge is 2.38. The molecule has 0 spiro atoms. The van der Waals surface area contributed by atoms with Crippen molar-refractivity contribution in [2.24, 2.45) is 0 Å². The molecule has 0 saturated carbocycles. The molecule has 1 atom stereocenters. The summed E-state index contributed by atoms with van der Waals surface area (Å²) in [5, 5.41) is 0. The second kappa shape index (κ2) is 7.67. The molecule has 1 aromatic carbocycles. The number of esters is 1. The number of thiocarbonyl (C=S) groups is 1. The van der Waals surface area contributed by atoms with Crippen LogP contribution in [0.5, 0.6) is 11.5 Å². The molecule has 2 rings (SSSR count). The molecule has 1 saturated heterocycles. The number of amides is 1. The van der Waals surface area contributed by atoms with Crippen molar-refractivity contribution in [3.8, 4) is 11.5 Å². The fourth-order valence-corrected chi connectivity index (χ4v) is 3.59. The Balaban J connectivity index is 2.37. The summed E-state index contributed by atoms with van der Waals surface area (Å²) in [6.07, 6.45) is 1.67. The Kier molecular flexibility index (Phi) is 5.84. The number of rotatable bonds is 5. The molecule has 1 amide bonds. The van der Waals surface area contributed by atoms with Gasteiger partial charge >= 0.3 is 5.97 Å². The number of benzene rings is 1. The number of nitrogens with zero attached hydrogens (tertiary/aromatic N) is 1.